The molecule has 0 unspecified atom stereocenters. The Hall–Kier alpha value is -1.87. The highest BCUT2D eigenvalue weighted by Crippen LogP contribution is 2.36. The predicted octanol–water partition coefficient (Wildman–Crippen LogP) is 2.04. The lowest BCUT2D eigenvalue weighted by molar-refractivity contribution is -0.383. The van der Waals surface area contributed by atoms with Crippen molar-refractivity contribution in [1.29, 1.82) is 0 Å². The molecule has 0 saturated carbocycles. The largest absolute Gasteiger partial charge is 0.371 e. The molecule has 0 radical (unpaired) electrons. The van der Waals surface area contributed by atoms with E-state index in [0.717, 1.165) is 29.4 Å². The lowest BCUT2D eigenvalue weighted by Crippen LogP contribution is -2.05. The van der Waals surface area contributed by atoms with E-state index >= 15 is 0 Å². The lowest BCUT2D eigenvalue weighted by atomic mass is 10.3. The molecular weight excluding hydrogens is 302 g/mol. The maximum Gasteiger partial charge on any atom is 0.304 e. The quantitative estimate of drug-likeness (QED) is 0.627. The predicted molar refractivity (Wildman–Crippen MR) is 77.1 cm³/mol. The lowest BCUT2D eigenvalue weighted by Gasteiger charge is -2.02. The number of aromatic nitrogens is 1. The first kappa shape index (κ1) is 14.5. The van der Waals surface area contributed by atoms with Crippen molar-refractivity contribution in [2.24, 2.45) is 0 Å². The molecular formula is C11H13N3O4S2. The number of nitrogens with zero attached hydrogens (tertiary/aromatic N) is 1. The third-order valence-electron chi connectivity index (χ3n) is 2.59. The van der Waals surface area contributed by atoms with E-state index in [2.05, 4.69) is 10.3 Å². The van der Waals surface area contributed by atoms with Gasteiger partial charge in [0.25, 0.3) is 0 Å². The highest BCUT2D eigenvalue weighted by molar-refractivity contribution is 7.92. The van der Waals surface area contributed by atoms with Crippen LogP contribution in [0.5, 0.6) is 0 Å². The molecule has 108 valence electrons. The Morgan fingerprint density at radius 1 is 1.50 bits per heavy atom. The van der Waals surface area contributed by atoms with Crippen LogP contribution in [0.3, 0.4) is 0 Å². The number of hydrogen-bond acceptors (Lipinski definition) is 6. The van der Waals surface area contributed by atoms with Gasteiger partial charge in [-0.05, 0) is 12.1 Å². The summed E-state index contributed by atoms with van der Waals surface area (Å²) in [6, 6.07) is 4.87. The van der Waals surface area contributed by atoms with E-state index in [4.69, 9.17) is 0 Å². The SMILES string of the molecule is CS(=O)(=O)c1cc([N+](=O)[O-])c(NCCc2ccc[nH]2)s1. The van der Waals surface area contributed by atoms with Crippen molar-refractivity contribution in [3.8, 4) is 0 Å². The molecule has 0 fully saturated rings. The second-order valence-corrected chi connectivity index (χ2v) is 7.48. The van der Waals surface area contributed by atoms with Crippen LogP contribution < -0.4 is 5.32 Å². The molecule has 9 heteroatoms. The van der Waals surface area contributed by atoms with Gasteiger partial charge >= 0.3 is 5.69 Å². The summed E-state index contributed by atoms with van der Waals surface area (Å²) in [5, 5.41) is 14.1. The van der Waals surface area contributed by atoms with E-state index in [1.807, 2.05) is 12.1 Å². The molecule has 0 atom stereocenters. The summed E-state index contributed by atoms with van der Waals surface area (Å²) < 4.78 is 22.9. The maximum atomic E-state index is 11.4. The van der Waals surface area contributed by atoms with Crippen molar-refractivity contribution in [2.75, 3.05) is 18.1 Å². The number of nitro groups is 1. The Balaban J connectivity index is 2.13. The minimum absolute atomic E-state index is 0.00780. The molecule has 7 nitrogen and oxygen atoms in total. The Bertz CT molecular complexity index is 704. The molecule has 2 aromatic rings. The fraction of sp³-hybridized carbons (Fsp3) is 0.273. The van der Waals surface area contributed by atoms with E-state index in [9.17, 15) is 18.5 Å². The summed E-state index contributed by atoms with van der Waals surface area (Å²) in [5.74, 6) is 0. The third-order valence-corrected chi connectivity index (χ3v) is 5.48. The first-order chi connectivity index (χ1) is 9.38. The molecule has 2 N–H and O–H groups in total. The molecule has 0 aliphatic heterocycles. The second kappa shape index (κ2) is 5.63. The fourth-order valence-electron chi connectivity index (χ4n) is 1.64. The van der Waals surface area contributed by atoms with Crippen molar-refractivity contribution in [2.45, 2.75) is 10.6 Å². The molecule has 0 saturated heterocycles. The van der Waals surface area contributed by atoms with Crippen molar-refractivity contribution >= 4 is 31.9 Å². The van der Waals surface area contributed by atoms with Crippen LogP contribution in [0, 0.1) is 10.1 Å². The van der Waals surface area contributed by atoms with Crippen LogP contribution in [0.2, 0.25) is 0 Å². The van der Waals surface area contributed by atoms with Crippen LogP contribution in [0.15, 0.2) is 28.6 Å². The zero-order chi connectivity index (χ0) is 14.8. The highest BCUT2D eigenvalue weighted by Gasteiger charge is 2.23. The van der Waals surface area contributed by atoms with Gasteiger partial charge in [-0.1, -0.05) is 11.3 Å². The van der Waals surface area contributed by atoms with Gasteiger partial charge in [0.15, 0.2) is 14.8 Å². The van der Waals surface area contributed by atoms with E-state index in [0.29, 0.717) is 13.0 Å². The van der Waals surface area contributed by atoms with Gasteiger partial charge in [0, 0.05) is 37.2 Å². The Morgan fingerprint density at radius 2 is 2.25 bits per heavy atom. The van der Waals surface area contributed by atoms with Crippen LogP contribution >= 0.6 is 11.3 Å². The highest BCUT2D eigenvalue weighted by atomic mass is 32.2. The minimum Gasteiger partial charge on any atom is -0.371 e. The number of aromatic amines is 1. The van der Waals surface area contributed by atoms with Gasteiger partial charge in [0.05, 0.1) is 4.92 Å². The summed E-state index contributed by atoms with van der Waals surface area (Å²) >= 11 is 0.881. The molecule has 0 bridgehead atoms. The fourth-order valence-corrected chi connectivity index (χ4v) is 3.60. The number of thiophene rings is 1. The number of H-pyrrole nitrogens is 1. The zero-order valence-corrected chi connectivity index (χ0v) is 12.3. The summed E-state index contributed by atoms with van der Waals surface area (Å²) in [5.41, 5.74) is 0.793. The summed E-state index contributed by atoms with van der Waals surface area (Å²) in [6.45, 7) is 0.477. The van der Waals surface area contributed by atoms with Gasteiger partial charge in [-0.3, -0.25) is 10.1 Å². The van der Waals surface area contributed by atoms with Gasteiger partial charge in [-0.15, -0.1) is 0 Å². The minimum atomic E-state index is -3.44. The van der Waals surface area contributed by atoms with Crippen molar-refractivity contribution < 1.29 is 13.3 Å². The Morgan fingerprint density at radius 3 is 2.80 bits per heavy atom. The van der Waals surface area contributed by atoms with Crippen molar-refractivity contribution in [3.05, 3.63) is 40.2 Å². The maximum absolute atomic E-state index is 11.4. The molecule has 0 aromatic carbocycles. The van der Waals surface area contributed by atoms with Crippen LogP contribution in [0.25, 0.3) is 0 Å². The monoisotopic (exact) mass is 315 g/mol. The molecule has 2 rings (SSSR count). The standard InChI is InChI=1S/C11H13N3O4S2/c1-20(17,18)10-7-9(14(15)16)11(19-10)13-6-4-8-3-2-5-12-8/h2-3,5,7,12-13H,4,6H2,1H3. The van der Waals surface area contributed by atoms with E-state index in [1.54, 1.807) is 6.20 Å². The van der Waals surface area contributed by atoms with Gasteiger partial charge in [-0.2, -0.15) is 0 Å². The molecule has 2 aromatic heterocycles. The van der Waals surface area contributed by atoms with Crippen LogP contribution in [-0.2, 0) is 16.3 Å². The average Bonchev–Trinajstić information content (AvgIpc) is 2.96. The normalized spacial score (nSPS) is 11.4. The third kappa shape index (κ3) is 3.36. The molecule has 0 aliphatic carbocycles. The van der Waals surface area contributed by atoms with Crippen LogP contribution in [0.4, 0.5) is 10.7 Å². The van der Waals surface area contributed by atoms with E-state index < -0.39 is 14.8 Å². The number of sulfone groups is 1. The topological polar surface area (TPSA) is 105 Å². The average molecular weight is 315 g/mol. The summed E-state index contributed by atoms with van der Waals surface area (Å²) in [7, 11) is -3.44. The van der Waals surface area contributed by atoms with Crippen LogP contribution in [0.1, 0.15) is 5.69 Å². The number of rotatable bonds is 6. The first-order valence-electron chi connectivity index (χ1n) is 5.72. The van der Waals surface area contributed by atoms with Gasteiger partial charge in [0.1, 0.15) is 4.21 Å². The van der Waals surface area contributed by atoms with Gasteiger partial charge in [-0.25, -0.2) is 8.42 Å². The molecule has 0 aliphatic rings. The van der Waals surface area contributed by atoms with Gasteiger partial charge in [0.2, 0.25) is 0 Å². The van der Waals surface area contributed by atoms with E-state index in [-0.39, 0.29) is 14.9 Å². The molecule has 0 spiro atoms. The Labute approximate surface area is 119 Å². The first-order valence-corrected chi connectivity index (χ1v) is 8.43. The second-order valence-electron chi connectivity index (χ2n) is 4.18. The van der Waals surface area contributed by atoms with Crippen molar-refractivity contribution in [1.82, 2.24) is 4.98 Å². The zero-order valence-electron chi connectivity index (χ0n) is 10.6. The number of hydrogen-bond donors (Lipinski definition) is 2. The summed E-state index contributed by atoms with van der Waals surface area (Å²) in [6.07, 6.45) is 3.49. The number of anilines is 1. The van der Waals surface area contributed by atoms with Gasteiger partial charge < -0.3 is 10.3 Å². The Kier molecular flexibility index (Phi) is 4.09. The molecule has 20 heavy (non-hydrogen) atoms. The molecule has 0 amide bonds. The number of nitrogens with one attached hydrogen (secondary N) is 2. The molecule has 2 heterocycles. The van der Waals surface area contributed by atoms with Crippen molar-refractivity contribution in [3.63, 3.8) is 0 Å². The summed E-state index contributed by atoms with van der Waals surface area (Å²) in [4.78, 5) is 13.4. The van der Waals surface area contributed by atoms with E-state index in [1.165, 1.54) is 0 Å². The smallest absolute Gasteiger partial charge is 0.304 e. The van der Waals surface area contributed by atoms with Crippen LogP contribution in [-0.4, -0.2) is 31.1 Å².